The molecule has 0 aliphatic carbocycles. The molecule has 2 amide bonds. The first-order valence-corrected chi connectivity index (χ1v) is 5.84. The topological polar surface area (TPSA) is 72.2 Å². The Morgan fingerprint density at radius 2 is 1.37 bits per heavy atom. The van der Waals surface area contributed by atoms with Gasteiger partial charge in [0.25, 0.3) is 0 Å². The number of anilines is 1. The van der Waals surface area contributed by atoms with Gasteiger partial charge in [0.15, 0.2) is 0 Å². The van der Waals surface area contributed by atoms with Gasteiger partial charge in [-0.3, -0.25) is 9.59 Å². The Kier molecular flexibility index (Phi) is 3.61. The molecule has 0 heterocycles. The molecule has 0 radical (unpaired) electrons. The molecule has 0 aliphatic rings. The first-order chi connectivity index (χ1) is 9.06. The van der Waals surface area contributed by atoms with E-state index in [4.69, 9.17) is 5.73 Å². The minimum absolute atomic E-state index is 0.541. The van der Waals surface area contributed by atoms with Gasteiger partial charge in [-0.05, 0) is 30.2 Å². The van der Waals surface area contributed by atoms with E-state index in [1.54, 1.807) is 12.1 Å². The van der Waals surface area contributed by atoms with E-state index in [1.807, 2.05) is 43.3 Å². The van der Waals surface area contributed by atoms with Gasteiger partial charge in [0.2, 0.25) is 0 Å². The van der Waals surface area contributed by atoms with Crippen LogP contribution in [0.5, 0.6) is 0 Å². The summed E-state index contributed by atoms with van der Waals surface area (Å²) in [7, 11) is 0. The van der Waals surface area contributed by atoms with Gasteiger partial charge in [-0.15, -0.1) is 0 Å². The van der Waals surface area contributed by atoms with E-state index >= 15 is 0 Å². The number of nitrogens with one attached hydrogen (secondary N) is 1. The van der Waals surface area contributed by atoms with Crippen LogP contribution in [0, 0.1) is 6.92 Å². The minimum Gasteiger partial charge on any atom is -0.361 e. The van der Waals surface area contributed by atoms with Gasteiger partial charge < -0.3 is 11.1 Å². The number of hydrogen-bond acceptors (Lipinski definition) is 2. The van der Waals surface area contributed by atoms with Crippen LogP contribution < -0.4 is 11.1 Å². The number of nitrogens with two attached hydrogens (primary N) is 1. The van der Waals surface area contributed by atoms with Gasteiger partial charge in [-0.25, -0.2) is 0 Å². The van der Waals surface area contributed by atoms with Crippen molar-refractivity contribution in [2.24, 2.45) is 5.73 Å². The van der Waals surface area contributed by atoms with Crippen molar-refractivity contribution < 1.29 is 9.59 Å². The summed E-state index contributed by atoms with van der Waals surface area (Å²) in [5.41, 5.74) is 8.75. The van der Waals surface area contributed by atoms with Crippen LogP contribution in [0.4, 0.5) is 5.69 Å². The Morgan fingerprint density at radius 3 is 1.84 bits per heavy atom. The zero-order valence-corrected chi connectivity index (χ0v) is 10.5. The highest BCUT2D eigenvalue weighted by molar-refractivity contribution is 6.39. The predicted molar refractivity (Wildman–Crippen MR) is 74.4 cm³/mol. The fourth-order valence-electron chi connectivity index (χ4n) is 1.68. The molecule has 0 aromatic heterocycles. The molecule has 96 valence electrons. The monoisotopic (exact) mass is 254 g/mol. The normalized spacial score (nSPS) is 9.95. The maximum Gasteiger partial charge on any atom is 0.313 e. The molecule has 0 saturated heterocycles. The molecule has 0 aliphatic heterocycles. The molecule has 0 unspecified atom stereocenters. The maximum atomic E-state index is 11.1. The van der Waals surface area contributed by atoms with Crippen LogP contribution in [0.3, 0.4) is 0 Å². The fourth-order valence-corrected chi connectivity index (χ4v) is 1.68. The van der Waals surface area contributed by atoms with Gasteiger partial charge >= 0.3 is 11.8 Å². The lowest BCUT2D eigenvalue weighted by Gasteiger charge is -2.05. The van der Waals surface area contributed by atoms with Crippen molar-refractivity contribution >= 4 is 17.5 Å². The molecule has 0 fully saturated rings. The number of benzene rings is 2. The predicted octanol–water partition coefficient (Wildman–Crippen LogP) is 2.09. The van der Waals surface area contributed by atoms with E-state index in [-0.39, 0.29) is 0 Å². The summed E-state index contributed by atoms with van der Waals surface area (Å²) in [4.78, 5) is 21.8. The zero-order valence-electron chi connectivity index (χ0n) is 10.5. The molecule has 2 aromatic carbocycles. The Labute approximate surface area is 111 Å². The number of amides is 2. The van der Waals surface area contributed by atoms with Crippen molar-refractivity contribution in [1.29, 1.82) is 0 Å². The molecule has 2 rings (SSSR count). The van der Waals surface area contributed by atoms with Crippen molar-refractivity contribution in [1.82, 2.24) is 0 Å². The van der Waals surface area contributed by atoms with Gasteiger partial charge in [0, 0.05) is 5.69 Å². The largest absolute Gasteiger partial charge is 0.361 e. The highest BCUT2D eigenvalue weighted by atomic mass is 16.2. The van der Waals surface area contributed by atoms with Crippen LogP contribution in [0.25, 0.3) is 11.1 Å². The van der Waals surface area contributed by atoms with Crippen molar-refractivity contribution in [3.05, 3.63) is 54.1 Å². The van der Waals surface area contributed by atoms with Gasteiger partial charge in [0.1, 0.15) is 0 Å². The van der Waals surface area contributed by atoms with Crippen LogP contribution in [0.1, 0.15) is 5.56 Å². The summed E-state index contributed by atoms with van der Waals surface area (Å²) < 4.78 is 0. The Bertz CT molecular complexity index is 601. The highest BCUT2D eigenvalue weighted by Gasteiger charge is 2.08. The molecular formula is C15H14N2O2. The summed E-state index contributed by atoms with van der Waals surface area (Å²) in [5.74, 6) is -1.81. The maximum absolute atomic E-state index is 11.1. The SMILES string of the molecule is Cc1ccc(-c2ccc(NC(=O)C(N)=O)cc2)cc1. The fraction of sp³-hybridized carbons (Fsp3) is 0.0667. The van der Waals surface area contributed by atoms with Crippen molar-refractivity contribution in [3.63, 3.8) is 0 Å². The Morgan fingerprint density at radius 1 is 0.895 bits per heavy atom. The summed E-state index contributed by atoms with van der Waals surface area (Å²) in [6.07, 6.45) is 0. The molecule has 0 saturated carbocycles. The summed E-state index contributed by atoms with van der Waals surface area (Å²) in [5, 5.41) is 2.42. The smallest absolute Gasteiger partial charge is 0.313 e. The minimum atomic E-state index is -0.998. The number of carbonyl (C=O) groups is 2. The number of carbonyl (C=O) groups excluding carboxylic acids is 2. The average Bonchev–Trinajstić information content (AvgIpc) is 2.40. The van der Waals surface area contributed by atoms with Crippen molar-refractivity contribution in [2.75, 3.05) is 5.32 Å². The number of rotatable bonds is 2. The summed E-state index contributed by atoms with van der Waals surface area (Å²) in [6.45, 7) is 2.03. The highest BCUT2D eigenvalue weighted by Crippen LogP contribution is 2.21. The lowest BCUT2D eigenvalue weighted by molar-refractivity contribution is -0.134. The van der Waals surface area contributed by atoms with Gasteiger partial charge in [-0.2, -0.15) is 0 Å². The van der Waals surface area contributed by atoms with Crippen LogP contribution in [0.15, 0.2) is 48.5 Å². The number of aryl methyl sites for hydroxylation is 1. The third-order valence-electron chi connectivity index (χ3n) is 2.75. The van der Waals surface area contributed by atoms with E-state index in [0.29, 0.717) is 5.69 Å². The number of primary amides is 1. The summed E-state index contributed by atoms with van der Waals surface area (Å²) in [6, 6.07) is 15.4. The van der Waals surface area contributed by atoms with Crippen LogP contribution in [-0.4, -0.2) is 11.8 Å². The quantitative estimate of drug-likeness (QED) is 0.805. The Hall–Kier alpha value is -2.62. The second-order valence-corrected chi connectivity index (χ2v) is 4.26. The second-order valence-electron chi connectivity index (χ2n) is 4.26. The van der Waals surface area contributed by atoms with E-state index in [1.165, 1.54) is 5.56 Å². The Balaban J connectivity index is 2.16. The molecular weight excluding hydrogens is 240 g/mol. The molecule has 4 heteroatoms. The average molecular weight is 254 g/mol. The third kappa shape index (κ3) is 3.19. The van der Waals surface area contributed by atoms with E-state index in [9.17, 15) is 9.59 Å². The first-order valence-electron chi connectivity index (χ1n) is 5.84. The van der Waals surface area contributed by atoms with E-state index < -0.39 is 11.8 Å². The van der Waals surface area contributed by atoms with E-state index in [2.05, 4.69) is 5.32 Å². The molecule has 0 bridgehead atoms. The van der Waals surface area contributed by atoms with Gasteiger partial charge in [0.05, 0.1) is 0 Å². The molecule has 0 spiro atoms. The van der Waals surface area contributed by atoms with E-state index in [0.717, 1.165) is 11.1 Å². The third-order valence-corrected chi connectivity index (χ3v) is 2.75. The van der Waals surface area contributed by atoms with Crippen molar-refractivity contribution in [3.8, 4) is 11.1 Å². The lowest BCUT2D eigenvalue weighted by atomic mass is 10.0. The standard InChI is InChI=1S/C15H14N2O2/c1-10-2-4-11(5-3-10)12-6-8-13(9-7-12)17-15(19)14(16)18/h2-9H,1H3,(H2,16,18)(H,17,19). The molecule has 4 nitrogen and oxygen atoms in total. The van der Waals surface area contributed by atoms with Crippen LogP contribution >= 0.6 is 0 Å². The first kappa shape index (κ1) is 12.8. The molecule has 2 aromatic rings. The molecule has 0 atom stereocenters. The lowest BCUT2D eigenvalue weighted by Crippen LogP contribution is -2.29. The number of hydrogen-bond donors (Lipinski definition) is 2. The zero-order chi connectivity index (χ0) is 13.8. The van der Waals surface area contributed by atoms with Gasteiger partial charge in [-0.1, -0.05) is 42.0 Å². The van der Waals surface area contributed by atoms with Crippen LogP contribution in [-0.2, 0) is 9.59 Å². The summed E-state index contributed by atoms with van der Waals surface area (Å²) >= 11 is 0. The second kappa shape index (κ2) is 5.35. The van der Waals surface area contributed by atoms with Crippen LogP contribution in [0.2, 0.25) is 0 Å². The van der Waals surface area contributed by atoms with Crippen molar-refractivity contribution in [2.45, 2.75) is 6.92 Å². The molecule has 3 N–H and O–H groups in total. The molecule has 19 heavy (non-hydrogen) atoms.